The molecule has 2 unspecified atom stereocenters. The van der Waals surface area contributed by atoms with Gasteiger partial charge in [0.1, 0.15) is 6.04 Å². The first-order chi connectivity index (χ1) is 5.13. The second-order valence-corrected chi connectivity index (χ2v) is 2.39. The fourth-order valence-corrected chi connectivity index (χ4v) is 0.639. The van der Waals surface area contributed by atoms with Gasteiger partial charge >= 0.3 is 5.97 Å². The minimum Gasteiger partial charge on any atom is -0.468 e. The molecule has 0 fully saturated rings. The van der Waals surface area contributed by atoms with Crippen molar-refractivity contribution in [1.82, 2.24) is 0 Å². The summed E-state index contributed by atoms with van der Waals surface area (Å²) in [6.45, 7) is 1.74. The Labute approximate surface area is 65.9 Å². The number of nitrogens with two attached hydrogens (primary N) is 1. The number of carbonyl (C=O) groups excluding carboxylic acids is 1. The summed E-state index contributed by atoms with van der Waals surface area (Å²) in [5.74, 6) is -0.611. The molecule has 4 nitrogen and oxygen atoms in total. The lowest BCUT2D eigenvalue weighted by molar-refractivity contribution is -0.143. The van der Waals surface area contributed by atoms with E-state index < -0.39 is 12.0 Å². The third-order valence-corrected chi connectivity index (χ3v) is 1.50. The summed E-state index contributed by atoms with van der Waals surface area (Å²) in [6.07, 6.45) is 0.274. The minimum absolute atomic E-state index is 0.146. The van der Waals surface area contributed by atoms with E-state index in [-0.39, 0.29) is 12.3 Å². The summed E-state index contributed by atoms with van der Waals surface area (Å²) in [4.78, 5) is 10.8. The monoisotopic (exact) mass is 156 g/mol. The molecule has 62 valence electrons. The van der Waals surface area contributed by atoms with Crippen molar-refractivity contribution in [1.29, 1.82) is 5.26 Å². The largest absolute Gasteiger partial charge is 0.468 e. The third-order valence-electron chi connectivity index (χ3n) is 1.50. The van der Waals surface area contributed by atoms with Gasteiger partial charge in [-0.3, -0.25) is 4.79 Å². The van der Waals surface area contributed by atoms with E-state index in [0.717, 1.165) is 0 Å². The molecule has 0 aliphatic rings. The van der Waals surface area contributed by atoms with Crippen molar-refractivity contribution < 1.29 is 9.53 Å². The molecule has 0 aromatic carbocycles. The minimum atomic E-state index is -0.681. The lowest BCUT2D eigenvalue weighted by Crippen LogP contribution is -2.37. The molecule has 0 amide bonds. The van der Waals surface area contributed by atoms with E-state index >= 15 is 0 Å². The summed E-state index contributed by atoms with van der Waals surface area (Å²) in [7, 11) is 1.28. The zero-order chi connectivity index (χ0) is 8.85. The second kappa shape index (κ2) is 4.69. The summed E-state index contributed by atoms with van der Waals surface area (Å²) in [5.41, 5.74) is 5.43. The molecule has 0 rings (SSSR count). The Morgan fingerprint density at radius 3 is 2.73 bits per heavy atom. The molecule has 0 bridgehead atoms. The van der Waals surface area contributed by atoms with Crippen LogP contribution in [0.2, 0.25) is 0 Å². The molecule has 0 spiro atoms. The van der Waals surface area contributed by atoms with E-state index in [2.05, 4.69) is 4.74 Å². The standard InChI is InChI=1S/C7H12N2O2/c1-5(3-4-8)6(9)7(10)11-2/h5-6H,3,9H2,1-2H3. The van der Waals surface area contributed by atoms with Crippen LogP contribution in [0, 0.1) is 17.2 Å². The summed E-state index contributed by atoms with van der Waals surface area (Å²) >= 11 is 0. The van der Waals surface area contributed by atoms with Crippen molar-refractivity contribution in [3.63, 3.8) is 0 Å². The average molecular weight is 156 g/mol. The van der Waals surface area contributed by atoms with E-state index in [9.17, 15) is 4.79 Å². The molecule has 0 aromatic heterocycles. The van der Waals surface area contributed by atoms with Crippen LogP contribution in [0.3, 0.4) is 0 Å². The van der Waals surface area contributed by atoms with E-state index in [1.807, 2.05) is 6.07 Å². The van der Waals surface area contributed by atoms with Gasteiger partial charge in [-0.25, -0.2) is 0 Å². The zero-order valence-corrected chi connectivity index (χ0v) is 6.70. The molecule has 0 aliphatic carbocycles. The number of carbonyl (C=O) groups is 1. The van der Waals surface area contributed by atoms with Crippen molar-refractivity contribution in [2.24, 2.45) is 11.7 Å². The maximum atomic E-state index is 10.8. The number of hydrogen-bond acceptors (Lipinski definition) is 4. The molecule has 0 saturated carbocycles. The van der Waals surface area contributed by atoms with Crippen molar-refractivity contribution in [3.8, 4) is 6.07 Å². The molecule has 0 saturated heterocycles. The van der Waals surface area contributed by atoms with Crippen molar-refractivity contribution in [2.75, 3.05) is 7.11 Å². The maximum absolute atomic E-state index is 10.8. The lowest BCUT2D eigenvalue weighted by Gasteiger charge is -2.13. The number of esters is 1. The summed E-state index contributed by atoms with van der Waals surface area (Å²) < 4.78 is 4.41. The van der Waals surface area contributed by atoms with Gasteiger partial charge in [-0.15, -0.1) is 0 Å². The van der Waals surface area contributed by atoms with Gasteiger partial charge in [0.15, 0.2) is 0 Å². The molecule has 4 heteroatoms. The van der Waals surface area contributed by atoms with Gasteiger partial charge in [-0.05, 0) is 5.92 Å². The highest BCUT2D eigenvalue weighted by atomic mass is 16.5. The topological polar surface area (TPSA) is 76.1 Å². The highest BCUT2D eigenvalue weighted by Crippen LogP contribution is 2.05. The Bertz CT molecular complexity index is 174. The number of rotatable bonds is 3. The first-order valence-corrected chi connectivity index (χ1v) is 3.33. The second-order valence-electron chi connectivity index (χ2n) is 2.39. The van der Waals surface area contributed by atoms with Crippen molar-refractivity contribution in [2.45, 2.75) is 19.4 Å². The van der Waals surface area contributed by atoms with E-state index in [1.54, 1.807) is 6.92 Å². The summed E-state index contributed by atoms with van der Waals surface area (Å²) in [6, 6.07) is 1.26. The Kier molecular flexibility index (Phi) is 4.23. The van der Waals surface area contributed by atoms with Crippen LogP contribution in [-0.4, -0.2) is 19.1 Å². The fraction of sp³-hybridized carbons (Fsp3) is 0.714. The highest BCUT2D eigenvalue weighted by Gasteiger charge is 2.20. The number of nitriles is 1. The maximum Gasteiger partial charge on any atom is 0.322 e. The molecule has 0 heterocycles. The Morgan fingerprint density at radius 2 is 2.36 bits per heavy atom. The first kappa shape index (κ1) is 9.92. The summed E-state index contributed by atoms with van der Waals surface area (Å²) in [5, 5.41) is 8.28. The van der Waals surface area contributed by atoms with Crippen LogP contribution in [0.25, 0.3) is 0 Å². The number of methoxy groups -OCH3 is 1. The van der Waals surface area contributed by atoms with E-state index in [0.29, 0.717) is 0 Å². The van der Waals surface area contributed by atoms with Crippen LogP contribution in [-0.2, 0) is 9.53 Å². The van der Waals surface area contributed by atoms with Crippen LogP contribution in [0.15, 0.2) is 0 Å². The Morgan fingerprint density at radius 1 is 1.82 bits per heavy atom. The van der Waals surface area contributed by atoms with E-state index in [1.165, 1.54) is 7.11 Å². The fourth-order valence-electron chi connectivity index (χ4n) is 0.639. The van der Waals surface area contributed by atoms with Crippen molar-refractivity contribution >= 4 is 5.97 Å². The van der Waals surface area contributed by atoms with Gasteiger partial charge in [0.2, 0.25) is 0 Å². The SMILES string of the molecule is COC(=O)C(N)C(C)CC#N. The number of ether oxygens (including phenoxy) is 1. The molecule has 0 radical (unpaired) electrons. The third kappa shape index (κ3) is 3.01. The van der Waals surface area contributed by atoms with Gasteiger partial charge < -0.3 is 10.5 Å². The molecule has 2 atom stereocenters. The Hall–Kier alpha value is -1.08. The van der Waals surface area contributed by atoms with Crippen LogP contribution in [0.1, 0.15) is 13.3 Å². The van der Waals surface area contributed by atoms with Gasteiger partial charge in [-0.2, -0.15) is 5.26 Å². The van der Waals surface area contributed by atoms with E-state index in [4.69, 9.17) is 11.0 Å². The van der Waals surface area contributed by atoms with Gasteiger partial charge in [-0.1, -0.05) is 6.92 Å². The van der Waals surface area contributed by atoms with Crippen LogP contribution >= 0.6 is 0 Å². The Balaban J connectivity index is 3.92. The van der Waals surface area contributed by atoms with Gasteiger partial charge in [0.25, 0.3) is 0 Å². The molecular weight excluding hydrogens is 144 g/mol. The quantitative estimate of drug-likeness (QED) is 0.585. The highest BCUT2D eigenvalue weighted by molar-refractivity contribution is 5.75. The van der Waals surface area contributed by atoms with Gasteiger partial charge in [0, 0.05) is 6.42 Å². The average Bonchev–Trinajstić information content (AvgIpc) is 2.02. The van der Waals surface area contributed by atoms with Gasteiger partial charge in [0.05, 0.1) is 13.2 Å². The van der Waals surface area contributed by atoms with Crippen molar-refractivity contribution in [3.05, 3.63) is 0 Å². The van der Waals surface area contributed by atoms with Crippen LogP contribution in [0.4, 0.5) is 0 Å². The first-order valence-electron chi connectivity index (χ1n) is 3.33. The number of hydrogen-bond donors (Lipinski definition) is 1. The smallest absolute Gasteiger partial charge is 0.322 e. The molecular formula is C7H12N2O2. The lowest BCUT2D eigenvalue weighted by atomic mass is 10.0. The van der Waals surface area contributed by atoms with Crippen LogP contribution < -0.4 is 5.73 Å². The normalized spacial score (nSPS) is 14.7. The number of nitrogens with zero attached hydrogens (tertiary/aromatic N) is 1. The predicted octanol–water partition coefficient (Wildman–Crippen LogP) is 0.0365. The molecule has 0 aliphatic heterocycles. The van der Waals surface area contributed by atoms with Crippen LogP contribution in [0.5, 0.6) is 0 Å². The molecule has 11 heavy (non-hydrogen) atoms. The molecule has 2 N–H and O–H groups in total. The zero-order valence-electron chi connectivity index (χ0n) is 6.70. The molecule has 0 aromatic rings. The predicted molar refractivity (Wildman–Crippen MR) is 39.4 cm³/mol.